The van der Waals surface area contributed by atoms with Crippen molar-refractivity contribution in [2.24, 2.45) is 0 Å². The number of benzene rings is 1. The number of sulfonamides is 1. The Bertz CT molecular complexity index is 1500. The molecule has 0 unspecified atom stereocenters. The summed E-state index contributed by atoms with van der Waals surface area (Å²) in [6.07, 6.45) is -0.446. The Labute approximate surface area is 190 Å². The molecule has 7 nitrogen and oxygen atoms in total. The zero-order valence-electron chi connectivity index (χ0n) is 16.7. The van der Waals surface area contributed by atoms with Crippen LogP contribution in [0.25, 0.3) is 11.0 Å². The number of rotatable bonds is 5. The summed E-state index contributed by atoms with van der Waals surface area (Å²) in [5.41, 5.74) is -0.432. The SMILES string of the molecule is Cc1cnc2[nH]ccc2c1C(=O)c1ncccc1NS(=O)(=O)c1ccc(Cl)c(C(F)(F)F)c1. The highest BCUT2D eigenvalue weighted by atomic mass is 35.5. The van der Waals surface area contributed by atoms with Crippen LogP contribution in [0.15, 0.2) is 59.9 Å². The van der Waals surface area contributed by atoms with Gasteiger partial charge < -0.3 is 4.98 Å². The number of anilines is 1. The Kier molecular flexibility index (Phi) is 5.62. The van der Waals surface area contributed by atoms with Crippen LogP contribution in [0.1, 0.15) is 27.2 Å². The van der Waals surface area contributed by atoms with Crippen LogP contribution in [-0.4, -0.2) is 29.2 Å². The number of nitrogens with one attached hydrogen (secondary N) is 2. The van der Waals surface area contributed by atoms with E-state index in [-0.39, 0.29) is 16.9 Å². The molecule has 12 heteroatoms. The highest BCUT2D eigenvalue weighted by Gasteiger charge is 2.35. The number of pyridine rings is 2. The van der Waals surface area contributed by atoms with Crippen LogP contribution in [0, 0.1) is 6.92 Å². The number of aromatic amines is 1. The maximum atomic E-state index is 13.3. The molecule has 0 aliphatic carbocycles. The lowest BCUT2D eigenvalue weighted by Crippen LogP contribution is -2.18. The quantitative estimate of drug-likeness (QED) is 0.381. The van der Waals surface area contributed by atoms with Crippen molar-refractivity contribution in [3.63, 3.8) is 0 Å². The number of H-pyrrole nitrogens is 1. The molecular formula is C21H14ClF3N4O3S. The van der Waals surface area contributed by atoms with Gasteiger partial charge >= 0.3 is 6.18 Å². The molecule has 0 atom stereocenters. The van der Waals surface area contributed by atoms with Gasteiger partial charge in [-0.2, -0.15) is 13.2 Å². The first kappa shape index (κ1) is 22.7. The van der Waals surface area contributed by atoms with E-state index in [9.17, 15) is 26.4 Å². The third kappa shape index (κ3) is 4.29. The molecule has 3 heterocycles. The van der Waals surface area contributed by atoms with Crippen LogP contribution in [0.2, 0.25) is 5.02 Å². The highest BCUT2D eigenvalue weighted by Crippen LogP contribution is 2.36. The van der Waals surface area contributed by atoms with Gasteiger partial charge in [-0.15, -0.1) is 0 Å². The summed E-state index contributed by atoms with van der Waals surface area (Å²) in [6, 6.07) is 6.55. The molecular weight excluding hydrogens is 481 g/mol. The molecule has 0 bridgehead atoms. The average Bonchev–Trinajstić information content (AvgIpc) is 3.21. The monoisotopic (exact) mass is 494 g/mol. The number of hydrogen-bond acceptors (Lipinski definition) is 5. The Morgan fingerprint density at radius 3 is 2.64 bits per heavy atom. The van der Waals surface area contributed by atoms with Crippen molar-refractivity contribution >= 4 is 44.1 Å². The molecule has 1 aromatic carbocycles. The zero-order chi connectivity index (χ0) is 24.0. The van der Waals surface area contributed by atoms with Crippen molar-refractivity contribution in [3.05, 3.63) is 82.4 Å². The van der Waals surface area contributed by atoms with Gasteiger partial charge in [-0.25, -0.2) is 13.4 Å². The second-order valence-electron chi connectivity index (χ2n) is 7.03. The van der Waals surface area contributed by atoms with Gasteiger partial charge in [0.1, 0.15) is 11.3 Å². The zero-order valence-corrected chi connectivity index (χ0v) is 18.3. The molecule has 0 aliphatic rings. The van der Waals surface area contributed by atoms with Crippen LogP contribution >= 0.6 is 11.6 Å². The number of ketones is 1. The highest BCUT2D eigenvalue weighted by molar-refractivity contribution is 7.92. The molecule has 0 spiro atoms. The topological polar surface area (TPSA) is 105 Å². The Balaban J connectivity index is 1.77. The largest absolute Gasteiger partial charge is 0.417 e. The number of nitrogens with zero attached hydrogens (tertiary/aromatic N) is 2. The lowest BCUT2D eigenvalue weighted by atomic mass is 10.0. The molecule has 0 saturated carbocycles. The molecule has 0 amide bonds. The van der Waals surface area contributed by atoms with Crippen molar-refractivity contribution in [1.29, 1.82) is 0 Å². The summed E-state index contributed by atoms with van der Waals surface area (Å²) in [7, 11) is -4.51. The molecule has 33 heavy (non-hydrogen) atoms. The second kappa shape index (κ2) is 8.16. The number of aryl methyl sites for hydroxylation is 1. The summed E-state index contributed by atoms with van der Waals surface area (Å²) in [6.45, 7) is 1.67. The van der Waals surface area contributed by atoms with Crippen molar-refractivity contribution in [2.45, 2.75) is 18.0 Å². The van der Waals surface area contributed by atoms with Gasteiger partial charge in [-0.3, -0.25) is 14.5 Å². The number of halogens is 4. The first-order valence-corrected chi connectivity index (χ1v) is 11.2. The van der Waals surface area contributed by atoms with Crippen molar-refractivity contribution < 1.29 is 26.4 Å². The van der Waals surface area contributed by atoms with E-state index in [2.05, 4.69) is 19.7 Å². The predicted molar refractivity (Wildman–Crippen MR) is 116 cm³/mol. The molecule has 0 aliphatic heterocycles. The number of alkyl halides is 3. The standard InChI is InChI=1S/C21H14ClF3N4O3S/c1-11-10-28-20-13(6-8-27-20)17(11)19(30)18-16(3-2-7-26-18)29-33(31,32)12-4-5-15(22)14(9-12)21(23,24)25/h2-10,29H,1H3,(H,27,28). The van der Waals surface area contributed by atoms with E-state index < -0.39 is 37.5 Å². The smallest absolute Gasteiger partial charge is 0.346 e. The first-order valence-electron chi connectivity index (χ1n) is 9.31. The van der Waals surface area contributed by atoms with Crippen molar-refractivity contribution in [2.75, 3.05) is 4.72 Å². The Hall–Kier alpha value is -3.44. The summed E-state index contributed by atoms with van der Waals surface area (Å²) in [5, 5.41) is -0.116. The molecule has 0 saturated heterocycles. The van der Waals surface area contributed by atoms with E-state index in [1.54, 1.807) is 19.2 Å². The summed E-state index contributed by atoms with van der Waals surface area (Å²) in [4.78, 5) is 23.8. The minimum Gasteiger partial charge on any atom is -0.346 e. The van der Waals surface area contributed by atoms with Crippen LogP contribution in [0.3, 0.4) is 0 Å². The number of fused-ring (bicyclic) bond motifs is 1. The average molecular weight is 495 g/mol. The van der Waals surface area contributed by atoms with Gasteiger partial charge in [-0.05, 0) is 48.9 Å². The van der Waals surface area contributed by atoms with Crippen molar-refractivity contribution in [1.82, 2.24) is 15.0 Å². The van der Waals surface area contributed by atoms with E-state index in [0.717, 1.165) is 12.1 Å². The van der Waals surface area contributed by atoms with E-state index >= 15 is 0 Å². The second-order valence-corrected chi connectivity index (χ2v) is 9.12. The third-order valence-electron chi connectivity index (χ3n) is 4.82. The fourth-order valence-corrected chi connectivity index (χ4v) is 4.61. The van der Waals surface area contributed by atoms with E-state index in [1.807, 2.05) is 0 Å². The first-order chi connectivity index (χ1) is 15.5. The minimum atomic E-state index is -4.85. The van der Waals surface area contributed by atoms with Crippen LogP contribution in [0.5, 0.6) is 0 Å². The fraction of sp³-hybridized carbons (Fsp3) is 0.0952. The number of carbonyl (C=O) groups excluding carboxylic acids is 1. The number of aromatic nitrogens is 3. The molecule has 4 rings (SSSR count). The third-order valence-corrected chi connectivity index (χ3v) is 6.52. The van der Waals surface area contributed by atoms with Crippen LogP contribution < -0.4 is 4.72 Å². The van der Waals surface area contributed by atoms with E-state index in [0.29, 0.717) is 22.7 Å². The molecule has 0 radical (unpaired) electrons. The Morgan fingerprint density at radius 1 is 1.15 bits per heavy atom. The minimum absolute atomic E-state index is 0.189. The lowest BCUT2D eigenvalue weighted by Gasteiger charge is -2.14. The summed E-state index contributed by atoms with van der Waals surface area (Å²) < 4.78 is 67.4. The molecule has 2 N–H and O–H groups in total. The maximum absolute atomic E-state index is 13.3. The van der Waals surface area contributed by atoms with Gasteiger partial charge in [0.2, 0.25) is 5.78 Å². The molecule has 0 fully saturated rings. The predicted octanol–water partition coefficient (Wildman–Crippen LogP) is 4.97. The summed E-state index contributed by atoms with van der Waals surface area (Å²) in [5.74, 6) is -0.579. The number of carbonyl (C=O) groups is 1. The lowest BCUT2D eigenvalue weighted by molar-refractivity contribution is -0.137. The van der Waals surface area contributed by atoms with E-state index in [1.165, 1.54) is 24.5 Å². The van der Waals surface area contributed by atoms with Gasteiger partial charge in [0.25, 0.3) is 10.0 Å². The molecule has 3 aromatic heterocycles. The van der Waals surface area contributed by atoms with E-state index in [4.69, 9.17) is 11.6 Å². The summed E-state index contributed by atoms with van der Waals surface area (Å²) >= 11 is 5.58. The fourth-order valence-electron chi connectivity index (χ4n) is 3.29. The van der Waals surface area contributed by atoms with Gasteiger partial charge in [-0.1, -0.05) is 11.6 Å². The Morgan fingerprint density at radius 2 is 1.91 bits per heavy atom. The normalized spacial score (nSPS) is 12.2. The molecule has 4 aromatic rings. The van der Waals surface area contributed by atoms with Crippen LogP contribution in [0.4, 0.5) is 18.9 Å². The molecule has 170 valence electrons. The van der Waals surface area contributed by atoms with Gasteiger partial charge in [0.05, 0.1) is 21.2 Å². The maximum Gasteiger partial charge on any atom is 0.417 e. The van der Waals surface area contributed by atoms with Gasteiger partial charge in [0, 0.05) is 29.5 Å². The van der Waals surface area contributed by atoms with Gasteiger partial charge in [0.15, 0.2) is 0 Å². The number of hydrogen-bond donors (Lipinski definition) is 2. The van der Waals surface area contributed by atoms with Crippen LogP contribution in [-0.2, 0) is 16.2 Å². The van der Waals surface area contributed by atoms with Crippen molar-refractivity contribution in [3.8, 4) is 0 Å².